The Kier molecular flexibility index (Phi) is 4.15. The number of hydrogen-bond donors (Lipinski definition) is 1. The van der Waals surface area contributed by atoms with Gasteiger partial charge >= 0.3 is 6.01 Å². The summed E-state index contributed by atoms with van der Waals surface area (Å²) >= 11 is 1.50. The van der Waals surface area contributed by atoms with Crippen LogP contribution in [0.25, 0.3) is 11.6 Å². The zero-order valence-corrected chi connectivity index (χ0v) is 12.5. The molecule has 6 nitrogen and oxygen atoms in total. The standard InChI is InChI=1S/C15H12N4O2S/c1-22-12-8-3-2-6-10(12)13(20)17-15-19-18-14(21-15)11-7-4-5-9-16-11/h2-9H,1H3,(H,17,19,20). The van der Waals surface area contributed by atoms with Crippen molar-refractivity contribution in [3.8, 4) is 11.6 Å². The molecule has 1 amide bonds. The van der Waals surface area contributed by atoms with Gasteiger partial charge in [-0.1, -0.05) is 23.3 Å². The number of pyridine rings is 1. The molecule has 0 aliphatic rings. The maximum absolute atomic E-state index is 12.3. The van der Waals surface area contributed by atoms with Crippen LogP contribution in [-0.4, -0.2) is 27.3 Å². The van der Waals surface area contributed by atoms with Gasteiger partial charge in [-0.3, -0.25) is 15.1 Å². The molecular formula is C15H12N4O2S. The van der Waals surface area contributed by atoms with Crippen molar-refractivity contribution in [2.75, 3.05) is 11.6 Å². The van der Waals surface area contributed by atoms with Gasteiger partial charge < -0.3 is 4.42 Å². The molecule has 1 aromatic carbocycles. The van der Waals surface area contributed by atoms with Crippen molar-refractivity contribution in [1.29, 1.82) is 0 Å². The number of nitrogens with zero attached hydrogens (tertiary/aromatic N) is 3. The van der Waals surface area contributed by atoms with Gasteiger partial charge in [-0.25, -0.2) is 0 Å². The van der Waals surface area contributed by atoms with E-state index in [4.69, 9.17) is 4.42 Å². The molecule has 110 valence electrons. The summed E-state index contributed by atoms with van der Waals surface area (Å²) in [5, 5.41) is 10.3. The second kappa shape index (κ2) is 6.40. The summed E-state index contributed by atoms with van der Waals surface area (Å²) in [5.74, 6) is -0.0322. The largest absolute Gasteiger partial charge is 0.401 e. The molecule has 22 heavy (non-hydrogen) atoms. The second-order valence-electron chi connectivity index (χ2n) is 4.28. The molecule has 0 atom stereocenters. The van der Waals surface area contributed by atoms with Crippen molar-refractivity contribution in [2.24, 2.45) is 0 Å². The number of benzene rings is 1. The normalized spacial score (nSPS) is 10.4. The first-order valence-electron chi connectivity index (χ1n) is 6.47. The van der Waals surface area contributed by atoms with Crippen molar-refractivity contribution in [3.63, 3.8) is 0 Å². The number of hydrogen-bond acceptors (Lipinski definition) is 6. The third-order valence-electron chi connectivity index (χ3n) is 2.88. The van der Waals surface area contributed by atoms with E-state index in [1.165, 1.54) is 11.8 Å². The fraction of sp³-hybridized carbons (Fsp3) is 0.0667. The number of thioether (sulfide) groups is 1. The molecule has 0 bridgehead atoms. The van der Waals surface area contributed by atoms with Crippen LogP contribution in [0.15, 0.2) is 58.0 Å². The Morgan fingerprint density at radius 3 is 2.73 bits per heavy atom. The Morgan fingerprint density at radius 2 is 1.95 bits per heavy atom. The first-order chi connectivity index (χ1) is 10.8. The molecule has 0 fully saturated rings. The lowest BCUT2D eigenvalue weighted by Gasteiger charge is -2.05. The van der Waals surface area contributed by atoms with E-state index in [1.54, 1.807) is 24.4 Å². The molecule has 3 rings (SSSR count). The Morgan fingerprint density at radius 1 is 1.14 bits per heavy atom. The van der Waals surface area contributed by atoms with Crippen molar-refractivity contribution in [2.45, 2.75) is 4.90 Å². The summed E-state index contributed by atoms with van der Waals surface area (Å²) in [6, 6.07) is 12.7. The van der Waals surface area contributed by atoms with Crippen molar-refractivity contribution >= 4 is 23.7 Å². The van der Waals surface area contributed by atoms with Crippen molar-refractivity contribution in [3.05, 3.63) is 54.2 Å². The number of anilines is 1. The van der Waals surface area contributed by atoms with Crippen LogP contribution in [0.3, 0.4) is 0 Å². The maximum atomic E-state index is 12.3. The minimum Gasteiger partial charge on any atom is -0.401 e. The van der Waals surface area contributed by atoms with Crippen LogP contribution in [0, 0.1) is 0 Å². The Hall–Kier alpha value is -2.67. The van der Waals surface area contributed by atoms with Crippen LogP contribution in [0.1, 0.15) is 10.4 Å². The second-order valence-corrected chi connectivity index (χ2v) is 5.13. The highest BCUT2D eigenvalue weighted by atomic mass is 32.2. The van der Waals surface area contributed by atoms with Gasteiger partial charge in [0.25, 0.3) is 11.8 Å². The Balaban J connectivity index is 1.79. The van der Waals surface area contributed by atoms with E-state index in [-0.39, 0.29) is 17.8 Å². The predicted octanol–water partition coefficient (Wildman–Crippen LogP) is 3.11. The van der Waals surface area contributed by atoms with E-state index in [1.807, 2.05) is 30.5 Å². The predicted molar refractivity (Wildman–Crippen MR) is 83.7 cm³/mol. The summed E-state index contributed by atoms with van der Waals surface area (Å²) < 4.78 is 5.41. The summed E-state index contributed by atoms with van der Waals surface area (Å²) in [7, 11) is 0. The smallest absolute Gasteiger partial charge is 0.322 e. The quantitative estimate of drug-likeness (QED) is 0.746. The number of rotatable bonds is 4. The first kappa shape index (κ1) is 14.3. The maximum Gasteiger partial charge on any atom is 0.322 e. The molecule has 2 heterocycles. The molecule has 2 aromatic heterocycles. The van der Waals surface area contributed by atoms with Crippen molar-refractivity contribution < 1.29 is 9.21 Å². The molecule has 7 heteroatoms. The monoisotopic (exact) mass is 312 g/mol. The number of carbonyl (C=O) groups excluding carboxylic acids is 1. The highest BCUT2D eigenvalue weighted by molar-refractivity contribution is 7.98. The molecular weight excluding hydrogens is 300 g/mol. The molecule has 1 N–H and O–H groups in total. The van der Waals surface area contributed by atoms with E-state index in [0.29, 0.717) is 11.3 Å². The zero-order valence-electron chi connectivity index (χ0n) is 11.7. The first-order valence-corrected chi connectivity index (χ1v) is 7.69. The van der Waals surface area contributed by atoms with Crippen LogP contribution >= 0.6 is 11.8 Å². The van der Waals surface area contributed by atoms with Gasteiger partial charge in [0.15, 0.2) is 0 Å². The third kappa shape index (κ3) is 2.99. The minimum absolute atomic E-state index is 0.0431. The van der Waals surface area contributed by atoms with Crippen LogP contribution in [0.4, 0.5) is 6.01 Å². The molecule has 0 spiro atoms. The summed E-state index contributed by atoms with van der Waals surface area (Å²) in [4.78, 5) is 17.3. The number of amides is 1. The number of aromatic nitrogens is 3. The molecule has 0 unspecified atom stereocenters. The average Bonchev–Trinajstić information content (AvgIpc) is 3.04. The van der Waals surface area contributed by atoms with Crippen LogP contribution in [-0.2, 0) is 0 Å². The molecule has 3 aromatic rings. The van der Waals surface area contributed by atoms with Crippen LogP contribution in [0.5, 0.6) is 0 Å². The van der Waals surface area contributed by atoms with Crippen LogP contribution in [0.2, 0.25) is 0 Å². The SMILES string of the molecule is CSc1ccccc1C(=O)Nc1nnc(-c2ccccn2)o1. The fourth-order valence-electron chi connectivity index (χ4n) is 1.86. The van der Waals surface area contributed by atoms with E-state index in [0.717, 1.165) is 4.90 Å². The van der Waals surface area contributed by atoms with E-state index < -0.39 is 0 Å². The molecule has 0 aliphatic heterocycles. The lowest BCUT2D eigenvalue weighted by atomic mass is 10.2. The number of carbonyl (C=O) groups is 1. The third-order valence-corrected chi connectivity index (χ3v) is 3.68. The zero-order chi connectivity index (χ0) is 15.4. The Bertz CT molecular complexity index is 789. The lowest BCUT2D eigenvalue weighted by Crippen LogP contribution is -2.13. The fourth-order valence-corrected chi connectivity index (χ4v) is 2.46. The van der Waals surface area contributed by atoms with Gasteiger partial charge in [0.1, 0.15) is 5.69 Å². The van der Waals surface area contributed by atoms with Crippen LogP contribution < -0.4 is 5.32 Å². The van der Waals surface area contributed by atoms with E-state index >= 15 is 0 Å². The molecule has 0 aliphatic carbocycles. The average molecular weight is 312 g/mol. The highest BCUT2D eigenvalue weighted by Crippen LogP contribution is 2.22. The van der Waals surface area contributed by atoms with Gasteiger partial charge in [-0.05, 0) is 30.5 Å². The molecule has 0 saturated carbocycles. The number of nitrogens with one attached hydrogen (secondary N) is 1. The van der Waals surface area contributed by atoms with E-state index in [2.05, 4.69) is 20.5 Å². The minimum atomic E-state index is -0.291. The van der Waals surface area contributed by atoms with Gasteiger partial charge in [0, 0.05) is 11.1 Å². The van der Waals surface area contributed by atoms with Gasteiger partial charge in [0.2, 0.25) is 0 Å². The van der Waals surface area contributed by atoms with Gasteiger partial charge in [-0.15, -0.1) is 16.9 Å². The topological polar surface area (TPSA) is 80.9 Å². The summed E-state index contributed by atoms with van der Waals surface area (Å²) in [6.07, 6.45) is 3.55. The lowest BCUT2D eigenvalue weighted by molar-refractivity contribution is 0.102. The molecule has 0 saturated heterocycles. The van der Waals surface area contributed by atoms with Crippen molar-refractivity contribution in [1.82, 2.24) is 15.2 Å². The van der Waals surface area contributed by atoms with Gasteiger partial charge in [0.05, 0.1) is 5.56 Å². The summed E-state index contributed by atoms with van der Waals surface area (Å²) in [6.45, 7) is 0. The van der Waals surface area contributed by atoms with Gasteiger partial charge in [-0.2, -0.15) is 0 Å². The van der Waals surface area contributed by atoms with E-state index in [9.17, 15) is 4.79 Å². The molecule has 0 radical (unpaired) electrons. The summed E-state index contributed by atoms with van der Waals surface area (Å²) in [5.41, 5.74) is 1.12. The highest BCUT2D eigenvalue weighted by Gasteiger charge is 2.15. The Labute approximate surface area is 131 Å².